The van der Waals surface area contributed by atoms with E-state index in [0.717, 1.165) is 28.1 Å². The lowest BCUT2D eigenvalue weighted by atomic mass is 10.2. The highest BCUT2D eigenvalue weighted by atomic mass is 32.2. The third-order valence-corrected chi connectivity index (χ3v) is 6.46. The quantitative estimate of drug-likeness (QED) is 0.141. The van der Waals surface area contributed by atoms with E-state index < -0.39 is 0 Å². The number of aromatic nitrogens is 3. The molecule has 0 aliphatic rings. The first-order valence-corrected chi connectivity index (χ1v) is 13.0. The first-order chi connectivity index (χ1) is 18.7. The number of hydrogen-bond acceptors (Lipinski definition) is 6. The van der Waals surface area contributed by atoms with Gasteiger partial charge in [0.1, 0.15) is 11.5 Å². The van der Waals surface area contributed by atoms with Gasteiger partial charge < -0.3 is 4.74 Å². The lowest BCUT2D eigenvalue weighted by molar-refractivity contribution is -0.118. The number of hydrogen-bond donors (Lipinski definition) is 1. The van der Waals surface area contributed by atoms with Crippen molar-refractivity contribution in [1.82, 2.24) is 20.2 Å². The van der Waals surface area contributed by atoms with Gasteiger partial charge in [0.05, 0.1) is 12.0 Å². The number of hydrazone groups is 1. The lowest BCUT2D eigenvalue weighted by Crippen LogP contribution is -2.20. The van der Waals surface area contributed by atoms with Crippen molar-refractivity contribution in [3.05, 3.63) is 120 Å². The number of nitrogens with one attached hydrogen (secondary N) is 1. The second-order valence-electron chi connectivity index (χ2n) is 8.41. The summed E-state index contributed by atoms with van der Waals surface area (Å²) in [6.07, 6.45) is 1.59. The largest absolute Gasteiger partial charge is 0.457 e. The molecule has 0 saturated heterocycles. The third kappa shape index (κ3) is 6.35. The molecule has 8 heteroatoms. The van der Waals surface area contributed by atoms with E-state index in [-0.39, 0.29) is 11.7 Å². The Kier molecular flexibility index (Phi) is 7.91. The molecule has 0 spiro atoms. The summed E-state index contributed by atoms with van der Waals surface area (Å²) in [5.74, 6) is 2.04. The zero-order valence-electron chi connectivity index (χ0n) is 20.7. The van der Waals surface area contributed by atoms with Crippen LogP contribution in [-0.2, 0) is 4.79 Å². The Bertz CT molecular complexity index is 1530. The first kappa shape index (κ1) is 25.0. The maximum Gasteiger partial charge on any atom is 0.250 e. The van der Waals surface area contributed by atoms with Crippen LogP contribution in [-0.4, -0.2) is 32.6 Å². The zero-order chi connectivity index (χ0) is 26.2. The molecule has 1 amide bonds. The van der Waals surface area contributed by atoms with Crippen LogP contribution in [0.15, 0.2) is 119 Å². The molecule has 0 fully saturated rings. The van der Waals surface area contributed by atoms with Crippen molar-refractivity contribution in [1.29, 1.82) is 0 Å². The van der Waals surface area contributed by atoms with E-state index in [1.54, 1.807) is 6.21 Å². The van der Waals surface area contributed by atoms with Crippen LogP contribution in [0.2, 0.25) is 0 Å². The average molecular weight is 520 g/mol. The molecule has 0 aliphatic heterocycles. The van der Waals surface area contributed by atoms with Gasteiger partial charge in [-0.15, -0.1) is 10.2 Å². The van der Waals surface area contributed by atoms with E-state index in [4.69, 9.17) is 4.74 Å². The molecule has 4 aromatic carbocycles. The van der Waals surface area contributed by atoms with Gasteiger partial charge in [0.25, 0.3) is 5.91 Å². The Morgan fingerprint density at radius 1 is 0.895 bits per heavy atom. The highest BCUT2D eigenvalue weighted by Crippen LogP contribution is 2.28. The smallest absolute Gasteiger partial charge is 0.250 e. The molecule has 5 aromatic rings. The molecule has 38 heavy (non-hydrogen) atoms. The average Bonchev–Trinajstić information content (AvgIpc) is 3.38. The Hall–Kier alpha value is -4.69. The number of thioether (sulfide) groups is 1. The van der Waals surface area contributed by atoms with Gasteiger partial charge in [0, 0.05) is 11.3 Å². The maximum absolute atomic E-state index is 12.6. The van der Waals surface area contributed by atoms with Crippen molar-refractivity contribution < 1.29 is 9.53 Å². The van der Waals surface area contributed by atoms with E-state index in [2.05, 4.69) is 20.7 Å². The summed E-state index contributed by atoms with van der Waals surface area (Å²) < 4.78 is 7.82. The Morgan fingerprint density at radius 2 is 1.61 bits per heavy atom. The van der Waals surface area contributed by atoms with Gasteiger partial charge in [-0.05, 0) is 48.9 Å². The number of carbonyl (C=O) groups is 1. The standard InChI is InChI=1S/C30H25N5O2S/c1-22-15-17-25(18-16-22)35-29(24-10-4-2-5-11-24)33-34-30(35)38-21-28(36)32-31-20-23-9-8-14-27(19-23)37-26-12-6-3-7-13-26/h2-20H,21H2,1H3,(H,32,36). The van der Waals surface area contributed by atoms with E-state index in [1.807, 2.05) is 121 Å². The number of amides is 1. The van der Waals surface area contributed by atoms with Crippen LogP contribution in [0.1, 0.15) is 11.1 Å². The molecule has 0 bridgehead atoms. The fraction of sp³-hybridized carbons (Fsp3) is 0.0667. The van der Waals surface area contributed by atoms with Gasteiger partial charge >= 0.3 is 0 Å². The summed E-state index contributed by atoms with van der Waals surface area (Å²) in [5.41, 5.74) is 6.42. The summed E-state index contributed by atoms with van der Waals surface area (Å²) in [6, 6.07) is 35.0. The second kappa shape index (κ2) is 12.0. The minimum Gasteiger partial charge on any atom is -0.457 e. The number of benzene rings is 4. The molecule has 7 nitrogen and oxygen atoms in total. The SMILES string of the molecule is Cc1ccc(-n2c(SCC(=O)NN=Cc3cccc(Oc4ccccc4)c3)nnc2-c2ccccc2)cc1. The van der Waals surface area contributed by atoms with Gasteiger partial charge in [0.2, 0.25) is 0 Å². The number of rotatable bonds is 9. The highest BCUT2D eigenvalue weighted by Gasteiger charge is 2.17. The van der Waals surface area contributed by atoms with Crippen molar-refractivity contribution in [2.75, 3.05) is 5.75 Å². The molecule has 0 radical (unpaired) electrons. The predicted molar refractivity (Wildman–Crippen MR) is 151 cm³/mol. The summed E-state index contributed by atoms with van der Waals surface area (Å²) in [4.78, 5) is 12.6. The van der Waals surface area contributed by atoms with Gasteiger partial charge in [-0.25, -0.2) is 5.43 Å². The molecule has 1 N–H and O–H groups in total. The van der Waals surface area contributed by atoms with Crippen molar-refractivity contribution in [2.24, 2.45) is 5.10 Å². The lowest BCUT2D eigenvalue weighted by Gasteiger charge is -2.10. The minimum atomic E-state index is -0.248. The number of para-hydroxylation sites is 1. The topological polar surface area (TPSA) is 81.4 Å². The fourth-order valence-electron chi connectivity index (χ4n) is 3.69. The second-order valence-corrected chi connectivity index (χ2v) is 9.36. The first-order valence-electron chi connectivity index (χ1n) is 12.0. The molecule has 5 rings (SSSR count). The van der Waals surface area contributed by atoms with Crippen LogP contribution in [0.25, 0.3) is 17.1 Å². The van der Waals surface area contributed by atoms with Crippen molar-refractivity contribution in [3.63, 3.8) is 0 Å². The third-order valence-electron chi connectivity index (χ3n) is 5.53. The van der Waals surface area contributed by atoms with E-state index >= 15 is 0 Å². The van der Waals surface area contributed by atoms with Crippen molar-refractivity contribution in [2.45, 2.75) is 12.1 Å². The van der Waals surface area contributed by atoms with Crippen LogP contribution in [0.3, 0.4) is 0 Å². The van der Waals surface area contributed by atoms with Crippen molar-refractivity contribution in [3.8, 4) is 28.6 Å². The molecule has 0 aliphatic carbocycles. The van der Waals surface area contributed by atoms with Gasteiger partial charge in [-0.1, -0.05) is 90.1 Å². The molecule has 0 atom stereocenters. The number of carbonyl (C=O) groups excluding carboxylic acids is 1. The van der Waals surface area contributed by atoms with Gasteiger partial charge in [-0.2, -0.15) is 5.10 Å². The van der Waals surface area contributed by atoms with Gasteiger partial charge in [-0.3, -0.25) is 9.36 Å². The molecule has 0 saturated carbocycles. The number of ether oxygens (including phenoxy) is 1. The van der Waals surface area contributed by atoms with Crippen LogP contribution >= 0.6 is 11.8 Å². The minimum absolute atomic E-state index is 0.132. The Labute approximate surface area is 225 Å². The molecule has 1 heterocycles. The van der Waals surface area contributed by atoms with E-state index in [0.29, 0.717) is 16.7 Å². The summed E-state index contributed by atoms with van der Waals surface area (Å²) in [5, 5.41) is 13.5. The van der Waals surface area contributed by atoms with Crippen LogP contribution < -0.4 is 10.2 Å². The van der Waals surface area contributed by atoms with Crippen LogP contribution in [0, 0.1) is 6.92 Å². The van der Waals surface area contributed by atoms with Crippen LogP contribution in [0.4, 0.5) is 0 Å². The number of aryl methyl sites for hydroxylation is 1. The Balaban J connectivity index is 1.24. The van der Waals surface area contributed by atoms with Crippen molar-refractivity contribution >= 4 is 23.9 Å². The summed E-state index contributed by atoms with van der Waals surface area (Å²) in [6.45, 7) is 2.04. The summed E-state index contributed by atoms with van der Waals surface area (Å²) in [7, 11) is 0. The molecular formula is C30H25N5O2S. The van der Waals surface area contributed by atoms with Gasteiger partial charge in [0.15, 0.2) is 11.0 Å². The predicted octanol–water partition coefficient (Wildman–Crippen LogP) is 6.28. The molecule has 0 unspecified atom stereocenters. The number of nitrogens with zero attached hydrogens (tertiary/aromatic N) is 4. The summed E-state index contributed by atoms with van der Waals surface area (Å²) >= 11 is 1.30. The highest BCUT2D eigenvalue weighted by molar-refractivity contribution is 7.99. The monoisotopic (exact) mass is 519 g/mol. The van der Waals surface area contributed by atoms with E-state index in [9.17, 15) is 4.79 Å². The van der Waals surface area contributed by atoms with Crippen LogP contribution in [0.5, 0.6) is 11.5 Å². The molecule has 1 aromatic heterocycles. The zero-order valence-corrected chi connectivity index (χ0v) is 21.5. The molecular weight excluding hydrogens is 494 g/mol. The normalized spacial score (nSPS) is 11.0. The fourth-order valence-corrected chi connectivity index (χ4v) is 4.43. The van der Waals surface area contributed by atoms with E-state index in [1.165, 1.54) is 11.8 Å². The maximum atomic E-state index is 12.6. The molecule has 188 valence electrons. The Morgan fingerprint density at radius 3 is 2.37 bits per heavy atom.